The van der Waals surface area contributed by atoms with Gasteiger partial charge in [-0.1, -0.05) is 30.3 Å². The van der Waals surface area contributed by atoms with Crippen LogP contribution in [0.25, 0.3) is 0 Å². The van der Waals surface area contributed by atoms with Gasteiger partial charge in [0.15, 0.2) is 0 Å². The molecule has 6 nitrogen and oxygen atoms in total. The monoisotopic (exact) mass is 367 g/mol. The lowest BCUT2D eigenvalue weighted by molar-refractivity contribution is 0.0976. The second kappa shape index (κ2) is 8.80. The van der Waals surface area contributed by atoms with Crippen molar-refractivity contribution < 1.29 is 4.74 Å². The largest absolute Gasteiger partial charge is 0.384 e. The van der Waals surface area contributed by atoms with Crippen LogP contribution < -0.4 is 16.6 Å². The minimum Gasteiger partial charge on any atom is -0.384 e. The summed E-state index contributed by atoms with van der Waals surface area (Å²) < 4.78 is 5.86. The predicted octanol–water partition coefficient (Wildman–Crippen LogP) is 1.76. The van der Waals surface area contributed by atoms with E-state index in [1.165, 1.54) is 17.5 Å². The Labute approximate surface area is 161 Å². The Morgan fingerprint density at radius 2 is 2.11 bits per heavy atom. The molecule has 3 heterocycles. The van der Waals surface area contributed by atoms with E-state index in [0.717, 1.165) is 32.8 Å². The van der Waals surface area contributed by atoms with E-state index in [1.807, 2.05) is 18.3 Å². The molecular formula is C21H29N5O. The standard InChI is InChI=1S/C21H29N5O/c22-20-12-17(6-8-23-20)19-13-24-25-21(19)18-7-9-26(14-18)10-11-27-15-16-4-2-1-3-5-16/h1-6,8,12,18-19,21,24-25H,7,9-11,13-15H2,(H2,22,23). The van der Waals surface area contributed by atoms with E-state index in [2.05, 4.69) is 51.1 Å². The van der Waals surface area contributed by atoms with Gasteiger partial charge in [-0.3, -0.25) is 10.9 Å². The molecule has 2 aromatic rings. The van der Waals surface area contributed by atoms with Crippen LogP contribution >= 0.6 is 0 Å². The van der Waals surface area contributed by atoms with Crippen molar-refractivity contribution in [3.05, 3.63) is 59.8 Å². The summed E-state index contributed by atoms with van der Waals surface area (Å²) in [6, 6.07) is 14.9. The SMILES string of the molecule is Nc1cc(C2CNNC2C2CCN(CCOCc3ccccc3)C2)ccn1. The highest BCUT2D eigenvalue weighted by Gasteiger charge is 2.37. The summed E-state index contributed by atoms with van der Waals surface area (Å²) >= 11 is 0. The van der Waals surface area contributed by atoms with Crippen molar-refractivity contribution in [2.24, 2.45) is 5.92 Å². The van der Waals surface area contributed by atoms with Crippen molar-refractivity contribution in [1.82, 2.24) is 20.7 Å². The van der Waals surface area contributed by atoms with Crippen molar-refractivity contribution in [3.8, 4) is 0 Å². The molecule has 4 N–H and O–H groups in total. The number of likely N-dealkylation sites (tertiary alicyclic amines) is 1. The van der Waals surface area contributed by atoms with Crippen LogP contribution in [-0.4, -0.2) is 48.7 Å². The van der Waals surface area contributed by atoms with Crippen LogP contribution in [0.5, 0.6) is 0 Å². The van der Waals surface area contributed by atoms with Crippen molar-refractivity contribution >= 4 is 5.82 Å². The van der Waals surface area contributed by atoms with Gasteiger partial charge in [0.1, 0.15) is 5.82 Å². The Morgan fingerprint density at radius 1 is 1.22 bits per heavy atom. The second-order valence-electron chi connectivity index (χ2n) is 7.56. The van der Waals surface area contributed by atoms with Crippen molar-refractivity contribution in [2.75, 3.05) is 38.5 Å². The lowest BCUT2D eigenvalue weighted by Crippen LogP contribution is -2.39. The van der Waals surface area contributed by atoms with Gasteiger partial charge in [0, 0.05) is 37.8 Å². The number of nitrogens with zero attached hydrogens (tertiary/aromatic N) is 2. The molecule has 0 bridgehead atoms. The smallest absolute Gasteiger partial charge is 0.123 e. The highest BCUT2D eigenvalue weighted by molar-refractivity contribution is 5.35. The molecule has 3 atom stereocenters. The number of benzene rings is 1. The topological polar surface area (TPSA) is 75.4 Å². The van der Waals surface area contributed by atoms with Crippen LogP contribution in [0.15, 0.2) is 48.7 Å². The third kappa shape index (κ3) is 4.65. The Balaban J connectivity index is 1.25. The van der Waals surface area contributed by atoms with Gasteiger partial charge in [-0.05, 0) is 42.1 Å². The first-order chi connectivity index (χ1) is 13.3. The van der Waals surface area contributed by atoms with Gasteiger partial charge in [-0.2, -0.15) is 0 Å². The number of nitrogen functional groups attached to an aromatic ring is 1. The van der Waals surface area contributed by atoms with E-state index in [1.54, 1.807) is 0 Å². The molecule has 27 heavy (non-hydrogen) atoms. The highest BCUT2D eigenvalue weighted by atomic mass is 16.5. The molecule has 4 rings (SSSR count). The summed E-state index contributed by atoms with van der Waals surface area (Å²) in [5, 5.41) is 0. The Bertz CT molecular complexity index is 726. The number of nitrogens with one attached hydrogen (secondary N) is 2. The van der Waals surface area contributed by atoms with E-state index in [0.29, 0.717) is 30.3 Å². The van der Waals surface area contributed by atoms with Crippen molar-refractivity contribution in [1.29, 1.82) is 0 Å². The molecule has 2 aliphatic rings. The first kappa shape index (κ1) is 18.4. The number of hydrogen-bond donors (Lipinski definition) is 3. The molecule has 6 heteroatoms. The summed E-state index contributed by atoms with van der Waals surface area (Å²) in [4.78, 5) is 6.65. The Morgan fingerprint density at radius 3 is 2.96 bits per heavy atom. The zero-order valence-corrected chi connectivity index (χ0v) is 15.7. The minimum atomic E-state index is 0.432. The quantitative estimate of drug-likeness (QED) is 0.648. The zero-order chi connectivity index (χ0) is 18.5. The third-order valence-electron chi connectivity index (χ3n) is 5.74. The van der Waals surface area contributed by atoms with E-state index in [9.17, 15) is 0 Å². The van der Waals surface area contributed by atoms with Crippen LogP contribution in [-0.2, 0) is 11.3 Å². The second-order valence-corrected chi connectivity index (χ2v) is 7.56. The molecule has 2 fully saturated rings. The van der Waals surface area contributed by atoms with Gasteiger partial charge in [-0.15, -0.1) is 0 Å². The molecule has 0 spiro atoms. The molecule has 1 aromatic carbocycles. The van der Waals surface area contributed by atoms with E-state index in [-0.39, 0.29) is 0 Å². The summed E-state index contributed by atoms with van der Waals surface area (Å²) in [5.74, 6) is 1.67. The fourth-order valence-corrected chi connectivity index (χ4v) is 4.30. The average molecular weight is 367 g/mol. The van der Waals surface area contributed by atoms with Gasteiger partial charge in [-0.25, -0.2) is 4.98 Å². The highest BCUT2D eigenvalue weighted by Crippen LogP contribution is 2.32. The van der Waals surface area contributed by atoms with Crippen LogP contribution in [0.2, 0.25) is 0 Å². The van der Waals surface area contributed by atoms with Crippen molar-refractivity contribution in [2.45, 2.75) is 25.0 Å². The maximum atomic E-state index is 5.88. The third-order valence-corrected chi connectivity index (χ3v) is 5.74. The molecule has 2 saturated heterocycles. The molecule has 0 amide bonds. The van der Waals surface area contributed by atoms with Crippen LogP contribution in [0.3, 0.4) is 0 Å². The number of aromatic nitrogens is 1. The van der Waals surface area contributed by atoms with E-state index < -0.39 is 0 Å². The summed E-state index contributed by atoms with van der Waals surface area (Å²) in [5.41, 5.74) is 15.2. The van der Waals surface area contributed by atoms with Gasteiger partial charge < -0.3 is 15.4 Å². The van der Waals surface area contributed by atoms with Crippen LogP contribution in [0.4, 0.5) is 5.82 Å². The van der Waals surface area contributed by atoms with Gasteiger partial charge in [0.25, 0.3) is 0 Å². The maximum absolute atomic E-state index is 5.88. The van der Waals surface area contributed by atoms with E-state index >= 15 is 0 Å². The summed E-state index contributed by atoms with van der Waals surface area (Å²) in [6.07, 6.45) is 3.03. The molecule has 0 radical (unpaired) electrons. The number of pyridine rings is 1. The van der Waals surface area contributed by atoms with Gasteiger partial charge in [0.2, 0.25) is 0 Å². The first-order valence-corrected chi connectivity index (χ1v) is 9.83. The van der Waals surface area contributed by atoms with Crippen LogP contribution in [0, 0.1) is 5.92 Å². The molecular weight excluding hydrogens is 338 g/mol. The van der Waals surface area contributed by atoms with Gasteiger partial charge in [0.05, 0.1) is 13.2 Å². The Kier molecular flexibility index (Phi) is 5.99. The number of ether oxygens (including phenoxy) is 1. The average Bonchev–Trinajstić information content (AvgIpc) is 3.35. The van der Waals surface area contributed by atoms with Gasteiger partial charge >= 0.3 is 0 Å². The van der Waals surface area contributed by atoms with Crippen molar-refractivity contribution in [3.63, 3.8) is 0 Å². The Hall–Kier alpha value is -1.99. The number of nitrogens with two attached hydrogens (primary N) is 1. The first-order valence-electron chi connectivity index (χ1n) is 9.83. The molecule has 144 valence electrons. The fraction of sp³-hybridized carbons (Fsp3) is 0.476. The lowest BCUT2D eigenvalue weighted by atomic mass is 9.85. The normalized spacial score (nSPS) is 25.9. The lowest BCUT2D eigenvalue weighted by Gasteiger charge is -2.25. The van der Waals surface area contributed by atoms with Crippen LogP contribution in [0.1, 0.15) is 23.5 Å². The fourth-order valence-electron chi connectivity index (χ4n) is 4.30. The maximum Gasteiger partial charge on any atom is 0.123 e. The number of rotatable bonds is 7. The molecule has 0 saturated carbocycles. The minimum absolute atomic E-state index is 0.432. The molecule has 3 unspecified atom stereocenters. The number of anilines is 1. The zero-order valence-electron chi connectivity index (χ0n) is 15.7. The number of hydrazine groups is 1. The summed E-state index contributed by atoms with van der Waals surface area (Å²) in [7, 11) is 0. The molecule has 0 aliphatic carbocycles. The molecule has 2 aliphatic heterocycles. The molecule has 1 aromatic heterocycles. The van der Waals surface area contributed by atoms with E-state index in [4.69, 9.17) is 10.5 Å². The number of hydrogen-bond acceptors (Lipinski definition) is 6. The predicted molar refractivity (Wildman–Crippen MR) is 107 cm³/mol. The summed E-state index contributed by atoms with van der Waals surface area (Å²) in [6.45, 7) is 5.66.